The lowest BCUT2D eigenvalue weighted by atomic mass is 10.1. The zero-order chi connectivity index (χ0) is 20.8. The van der Waals surface area contributed by atoms with Gasteiger partial charge in [-0.1, -0.05) is 46.3 Å². The molecule has 1 heterocycles. The van der Waals surface area contributed by atoms with Crippen molar-refractivity contribution in [1.82, 2.24) is 0 Å². The summed E-state index contributed by atoms with van der Waals surface area (Å²) in [5, 5.41) is 6.57. The number of carbonyl (C=O) groups excluding carboxylic acids is 1. The summed E-state index contributed by atoms with van der Waals surface area (Å²) in [5.74, 6) is -0.867. The van der Waals surface area contributed by atoms with Crippen LogP contribution in [-0.4, -0.2) is 17.7 Å². The van der Waals surface area contributed by atoms with E-state index >= 15 is 0 Å². The topological polar surface area (TPSA) is 50.4 Å². The maximum atomic E-state index is 14.1. The Labute approximate surface area is 186 Å². The van der Waals surface area contributed by atoms with Gasteiger partial charge in [-0.05, 0) is 49.0 Å². The molecule has 0 aliphatic heterocycles. The molecule has 3 rings (SSSR count). The Kier molecular flexibility index (Phi) is 7.35. The fraction of sp³-hybridized carbons (Fsp3) is 0.143. The van der Waals surface area contributed by atoms with Gasteiger partial charge in [0.1, 0.15) is 10.8 Å². The van der Waals surface area contributed by atoms with Crippen LogP contribution in [0.3, 0.4) is 0 Å². The molecule has 2 aromatic carbocycles. The lowest BCUT2D eigenvalue weighted by Gasteiger charge is -2.11. The van der Waals surface area contributed by atoms with E-state index in [-0.39, 0.29) is 17.4 Å². The molecule has 0 spiro atoms. The lowest BCUT2D eigenvalue weighted by Crippen LogP contribution is -2.20. The van der Waals surface area contributed by atoms with E-state index in [4.69, 9.17) is 17.0 Å². The molecule has 0 saturated heterocycles. The Morgan fingerprint density at radius 1 is 1.17 bits per heavy atom. The highest BCUT2D eigenvalue weighted by Crippen LogP contribution is 2.31. The van der Waals surface area contributed by atoms with E-state index in [1.54, 1.807) is 25.1 Å². The van der Waals surface area contributed by atoms with Crippen LogP contribution in [0, 0.1) is 5.82 Å². The number of thiocarbonyl (C=S) groups is 1. The van der Waals surface area contributed by atoms with Gasteiger partial charge < -0.3 is 15.4 Å². The molecule has 0 atom stereocenters. The molecule has 8 heteroatoms. The van der Waals surface area contributed by atoms with Crippen molar-refractivity contribution in [2.24, 2.45) is 0 Å². The highest BCUT2D eigenvalue weighted by atomic mass is 79.9. The fourth-order valence-corrected chi connectivity index (χ4v) is 4.32. The molecule has 0 aliphatic carbocycles. The summed E-state index contributed by atoms with van der Waals surface area (Å²) in [6, 6.07) is 16.4. The predicted molar refractivity (Wildman–Crippen MR) is 123 cm³/mol. The summed E-state index contributed by atoms with van der Waals surface area (Å²) in [4.78, 5) is 13.4. The van der Waals surface area contributed by atoms with Gasteiger partial charge in [0.15, 0.2) is 5.11 Å². The standard InChI is InChI=1S/C21H18BrFN2O2S2/c1-2-27-20(26)16-12-15(10-13-6-4-3-5-7-13)29-19(16)25-21(28)24-18-9-8-14(22)11-17(18)23/h3-9,11-12H,2,10H2,1H3,(H2,24,25,28). The first-order chi connectivity index (χ1) is 14.0. The molecule has 3 aromatic rings. The molecule has 150 valence electrons. The van der Waals surface area contributed by atoms with Gasteiger partial charge in [0.25, 0.3) is 0 Å². The number of halogens is 2. The summed E-state index contributed by atoms with van der Waals surface area (Å²) in [5.41, 5.74) is 1.78. The van der Waals surface area contributed by atoms with Crippen molar-refractivity contribution in [1.29, 1.82) is 0 Å². The summed E-state index contributed by atoms with van der Waals surface area (Å²) in [6.45, 7) is 2.03. The van der Waals surface area contributed by atoms with Crippen molar-refractivity contribution in [2.45, 2.75) is 13.3 Å². The summed E-state index contributed by atoms with van der Waals surface area (Å²) in [6.07, 6.45) is 0.682. The van der Waals surface area contributed by atoms with Gasteiger partial charge in [-0.15, -0.1) is 11.3 Å². The van der Waals surface area contributed by atoms with Crippen LogP contribution in [0.25, 0.3) is 0 Å². The quantitative estimate of drug-likeness (QED) is 0.315. The van der Waals surface area contributed by atoms with Gasteiger partial charge in [0.2, 0.25) is 0 Å². The zero-order valence-corrected chi connectivity index (χ0v) is 18.7. The maximum absolute atomic E-state index is 14.1. The van der Waals surface area contributed by atoms with E-state index in [0.717, 1.165) is 10.4 Å². The van der Waals surface area contributed by atoms with E-state index < -0.39 is 11.8 Å². The van der Waals surface area contributed by atoms with E-state index in [9.17, 15) is 9.18 Å². The second-order valence-electron chi connectivity index (χ2n) is 6.04. The predicted octanol–water partition coefficient (Wildman–Crippen LogP) is 6.23. The number of ether oxygens (including phenoxy) is 1. The monoisotopic (exact) mass is 492 g/mol. The smallest absolute Gasteiger partial charge is 0.341 e. The summed E-state index contributed by atoms with van der Waals surface area (Å²) < 4.78 is 19.8. The first-order valence-electron chi connectivity index (χ1n) is 8.83. The lowest BCUT2D eigenvalue weighted by molar-refractivity contribution is 0.0528. The highest BCUT2D eigenvalue weighted by molar-refractivity contribution is 9.10. The molecule has 0 amide bonds. The molecule has 0 saturated carbocycles. The summed E-state index contributed by atoms with van der Waals surface area (Å²) in [7, 11) is 0. The third-order valence-electron chi connectivity index (χ3n) is 3.91. The molecule has 2 N–H and O–H groups in total. The second kappa shape index (κ2) is 9.96. The van der Waals surface area contributed by atoms with Crippen LogP contribution in [0.15, 0.2) is 59.1 Å². The van der Waals surface area contributed by atoms with Gasteiger partial charge in [-0.2, -0.15) is 0 Å². The van der Waals surface area contributed by atoms with Crippen molar-refractivity contribution < 1.29 is 13.9 Å². The zero-order valence-electron chi connectivity index (χ0n) is 15.5. The molecule has 0 unspecified atom stereocenters. The van der Waals surface area contributed by atoms with Crippen LogP contribution >= 0.6 is 39.5 Å². The van der Waals surface area contributed by atoms with Crippen molar-refractivity contribution in [3.8, 4) is 0 Å². The van der Waals surface area contributed by atoms with Crippen LogP contribution in [0.2, 0.25) is 0 Å². The molecule has 4 nitrogen and oxygen atoms in total. The molecule has 0 radical (unpaired) electrons. The average Bonchev–Trinajstić information content (AvgIpc) is 3.07. The molecule has 29 heavy (non-hydrogen) atoms. The van der Waals surface area contributed by atoms with Crippen LogP contribution < -0.4 is 10.6 Å². The fourth-order valence-electron chi connectivity index (χ4n) is 2.63. The van der Waals surface area contributed by atoms with Crippen LogP contribution in [-0.2, 0) is 11.2 Å². The average molecular weight is 493 g/mol. The van der Waals surface area contributed by atoms with Gasteiger partial charge in [0, 0.05) is 15.8 Å². The van der Waals surface area contributed by atoms with E-state index in [0.29, 0.717) is 21.5 Å². The number of esters is 1. The first-order valence-corrected chi connectivity index (χ1v) is 10.8. The van der Waals surface area contributed by atoms with Gasteiger partial charge in [0.05, 0.1) is 17.9 Å². The van der Waals surface area contributed by atoms with Gasteiger partial charge in [-0.3, -0.25) is 0 Å². The third-order valence-corrected chi connectivity index (χ3v) is 5.65. The van der Waals surface area contributed by atoms with Crippen molar-refractivity contribution in [2.75, 3.05) is 17.2 Å². The number of anilines is 2. The Balaban J connectivity index is 1.80. The third kappa shape index (κ3) is 5.85. The molecule has 1 aromatic heterocycles. The normalized spacial score (nSPS) is 10.4. The minimum atomic E-state index is -0.440. The summed E-state index contributed by atoms with van der Waals surface area (Å²) >= 11 is 9.95. The number of nitrogens with one attached hydrogen (secondary N) is 2. The Morgan fingerprint density at radius 3 is 2.62 bits per heavy atom. The highest BCUT2D eigenvalue weighted by Gasteiger charge is 2.19. The molecule has 0 aliphatic rings. The van der Waals surface area contributed by atoms with Crippen LogP contribution in [0.5, 0.6) is 0 Å². The molecule has 0 fully saturated rings. The largest absolute Gasteiger partial charge is 0.462 e. The molecule has 0 bridgehead atoms. The van der Waals surface area contributed by atoms with E-state index in [2.05, 4.69) is 26.6 Å². The Hall–Kier alpha value is -2.29. The van der Waals surface area contributed by atoms with Gasteiger partial charge in [-0.25, -0.2) is 9.18 Å². The minimum Gasteiger partial charge on any atom is -0.462 e. The number of carbonyl (C=O) groups is 1. The maximum Gasteiger partial charge on any atom is 0.341 e. The SMILES string of the molecule is CCOC(=O)c1cc(Cc2ccccc2)sc1NC(=S)Nc1ccc(Br)cc1F. The van der Waals surface area contributed by atoms with Crippen LogP contribution in [0.4, 0.5) is 15.1 Å². The number of hydrogen-bond acceptors (Lipinski definition) is 4. The number of hydrogen-bond donors (Lipinski definition) is 2. The van der Waals surface area contributed by atoms with E-state index in [1.165, 1.54) is 17.4 Å². The van der Waals surface area contributed by atoms with E-state index in [1.807, 2.05) is 30.3 Å². The van der Waals surface area contributed by atoms with Crippen LogP contribution in [0.1, 0.15) is 27.7 Å². The second-order valence-corrected chi connectivity index (χ2v) is 8.50. The number of benzene rings is 2. The Morgan fingerprint density at radius 2 is 1.93 bits per heavy atom. The van der Waals surface area contributed by atoms with Gasteiger partial charge >= 0.3 is 5.97 Å². The minimum absolute atomic E-state index is 0.185. The molecular formula is C21H18BrFN2O2S2. The first kappa shape index (κ1) is 21.4. The number of thiophene rings is 1. The van der Waals surface area contributed by atoms with Crippen molar-refractivity contribution >= 4 is 61.3 Å². The molecular weight excluding hydrogens is 475 g/mol. The van der Waals surface area contributed by atoms with Crippen molar-refractivity contribution in [3.05, 3.63) is 80.9 Å². The van der Waals surface area contributed by atoms with Crippen molar-refractivity contribution in [3.63, 3.8) is 0 Å². The Bertz CT molecular complexity index is 1020. The number of rotatable bonds is 6.